The Kier molecular flexibility index (Phi) is 3.26. The summed E-state index contributed by atoms with van der Waals surface area (Å²) in [5.74, 6) is 0.213. The summed E-state index contributed by atoms with van der Waals surface area (Å²) in [6.45, 7) is 1.98. The van der Waals surface area contributed by atoms with Gasteiger partial charge in [0, 0.05) is 6.42 Å². The van der Waals surface area contributed by atoms with Crippen LogP contribution in [-0.2, 0) is 0 Å². The van der Waals surface area contributed by atoms with Crippen LogP contribution in [0.3, 0.4) is 0 Å². The molecule has 0 atom stereocenters. The van der Waals surface area contributed by atoms with Gasteiger partial charge in [-0.15, -0.1) is 0 Å². The number of benzene rings is 1. The molecule has 2 nitrogen and oxygen atoms in total. The zero-order valence-electron chi connectivity index (χ0n) is 7.75. The quantitative estimate of drug-likeness (QED) is 0.536. The number of nitrogens with one attached hydrogen (secondary N) is 1. The predicted molar refractivity (Wildman–Crippen MR) is 56.6 cm³/mol. The summed E-state index contributed by atoms with van der Waals surface area (Å²) >= 11 is 0. The van der Waals surface area contributed by atoms with Crippen LogP contribution in [0.4, 0.5) is 0 Å². The van der Waals surface area contributed by atoms with Crippen molar-refractivity contribution in [3.05, 3.63) is 41.5 Å². The molecule has 0 bridgehead atoms. The van der Waals surface area contributed by atoms with Crippen LogP contribution in [-0.4, -0.2) is 5.84 Å². The molecule has 0 aromatic heterocycles. The lowest BCUT2D eigenvalue weighted by molar-refractivity contribution is 1.22. The van der Waals surface area contributed by atoms with Gasteiger partial charge >= 0.3 is 0 Å². The molecule has 0 aliphatic heterocycles. The number of rotatable bonds is 3. The van der Waals surface area contributed by atoms with Crippen molar-refractivity contribution in [2.24, 2.45) is 5.73 Å². The van der Waals surface area contributed by atoms with Crippen molar-refractivity contribution < 1.29 is 0 Å². The van der Waals surface area contributed by atoms with Gasteiger partial charge in [0.05, 0.1) is 5.84 Å². The molecule has 0 radical (unpaired) electrons. The molecule has 0 heterocycles. The van der Waals surface area contributed by atoms with Gasteiger partial charge in [-0.25, -0.2) is 0 Å². The van der Waals surface area contributed by atoms with E-state index < -0.39 is 0 Å². The van der Waals surface area contributed by atoms with Gasteiger partial charge in [0.1, 0.15) is 0 Å². The lowest BCUT2D eigenvalue weighted by Crippen LogP contribution is -2.09. The van der Waals surface area contributed by atoms with E-state index in [-0.39, 0.29) is 5.84 Å². The zero-order chi connectivity index (χ0) is 9.68. The Morgan fingerprint density at radius 2 is 2.00 bits per heavy atom. The summed E-state index contributed by atoms with van der Waals surface area (Å²) in [4.78, 5) is 0. The van der Waals surface area contributed by atoms with Crippen LogP contribution in [0.15, 0.2) is 35.9 Å². The summed E-state index contributed by atoms with van der Waals surface area (Å²) in [7, 11) is 0. The van der Waals surface area contributed by atoms with Gasteiger partial charge in [0.25, 0.3) is 0 Å². The SMILES string of the molecule is C/C(=C\c1ccccc1)CC(=N)N. The van der Waals surface area contributed by atoms with Crippen LogP contribution in [0.5, 0.6) is 0 Å². The lowest BCUT2D eigenvalue weighted by atomic mass is 10.1. The molecule has 0 saturated carbocycles. The lowest BCUT2D eigenvalue weighted by Gasteiger charge is -1.98. The molecule has 0 amide bonds. The van der Waals surface area contributed by atoms with E-state index in [4.69, 9.17) is 11.1 Å². The van der Waals surface area contributed by atoms with Crippen molar-refractivity contribution in [1.29, 1.82) is 5.41 Å². The fourth-order valence-electron chi connectivity index (χ4n) is 1.19. The van der Waals surface area contributed by atoms with Crippen LogP contribution in [0.2, 0.25) is 0 Å². The summed E-state index contributed by atoms with van der Waals surface area (Å²) in [5, 5.41) is 7.13. The van der Waals surface area contributed by atoms with Crippen molar-refractivity contribution in [3.63, 3.8) is 0 Å². The minimum Gasteiger partial charge on any atom is -0.387 e. The highest BCUT2D eigenvalue weighted by Crippen LogP contribution is 2.08. The highest BCUT2D eigenvalue weighted by atomic mass is 14.7. The topological polar surface area (TPSA) is 49.9 Å². The van der Waals surface area contributed by atoms with Gasteiger partial charge in [-0.1, -0.05) is 42.0 Å². The summed E-state index contributed by atoms with van der Waals surface area (Å²) in [6, 6.07) is 10.0. The number of hydrogen-bond donors (Lipinski definition) is 2. The maximum atomic E-state index is 7.13. The second-order valence-electron chi connectivity index (χ2n) is 3.10. The van der Waals surface area contributed by atoms with Gasteiger partial charge in [0.15, 0.2) is 0 Å². The molecular weight excluding hydrogens is 160 g/mol. The first-order valence-corrected chi connectivity index (χ1v) is 4.23. The Morgan fingerprint density at radius 1 is 1.38 bits per heavy atom. The minimum absolute atomic E-state index is 0.213. The molecular formula is C11H14N2. The molecule has 0 aliphatic carbocycles. The van der Waals surface area contributed by atoms with Crippen LogP contribution in [0.1, 0.15) is 18.9 Å². The molecule has 68 valence electrons. The molecule has 0 unspecified atom stereocenters. The highest BCUT2D eigenvalue weighted by molar-refractivity contribution is 5.80. The standard InChI is InChI=1S/C11H14N2/c1-9(8-11(12)13)7-10-5-3-2-4-6-10/h2-7H,8H2,1H3,(H3,12,13)/b9-7+. The smallest absolute Gasteiger partial charge is 0.0946 e. The predicted octanol–water partition coefficient (Wildman–Crippen LogP) is 2.42. The van der Waals surface area contributed by atoms with Gasteiger partial charge in [0.2, 0.25) is 0 Å². The first kappa shape index (κ1) is 9.52. The fourth-order valence-corrected chi connectivity index (χ4v) is 1.19. The van der Waals surface area contributed by atoms with Crippen molar-refractivity contribution in [2.75, 3.05) is 0 Å². The minimum atomic E-state index is 0.213. The van der Waals surface area contributed by atoms with Crippen molar-refractivity contribution in [3.8, 4) is 0 Å². The average Bonchev–Trinajstić information content (AvgIpc) is 2.04. The van der Waals surface area contributed by atoms with Crippen molar-refractivity contribution in [2.45, 2.75) is 13.3 Å². The number of hydrogen-bond acceptors (Lipinski definition) is 1. The molecule has 0 spiro atoms. The molecule has 13 heavy (non-hydrogen) atoms. The molecule has 0 fully saturated rings. The Morgan fingerprint density at radius 3 is 2.54 bits per heavy atom. The molecule has 1 aromatic carbocycles. The molecule has 0 saturated heterocycles. The highest BCUT2D eigenvalue weighted by Gasteiger charge is 1.92. The van der Waals surface area contributed by atoms with E-state index in [2.05, 4.69) is 0 Å². The maximum absolute atomic E-state index is 7.13. The molecule has 1 rings (SSSR count). The molecule has 1 aromatic rings. The van der Waals surface area contributed by atoms with E-state index >= 15 is 0 Å². The van der Waals surface area contributed by atoms with E-state index in [1.807, 2.05) is 43.3 Å². The van der Waals surface area contributed by atoms with E-state index in [0.29, 0.717) is 6.42 Å². The van der Waals surface area contributed by atoms with Gasteiger partial charge in [-0.3, -0.25) is 5.41 Å². The first-order valence-electron chi connectivity index (χ1n) is 4.23. The second kappa shape index (κ2) is 4.45. The van der Waals surface area contributed by atoms with E-state index in [1.54, 1.807) is 0 Å². The Bertz CT molecular complexity index is 312. The molecule has 2 heteroatoms. The van der Waals surface area contributed by atoms with Crippen molar-refractivity contribution >= 4 is 11.9 Å². The third-order valence-electron chi connectivity index (χ3n) is 1.68. The van der Waals surface area contributed by atoms with Crippen LogP contribution >= 0.6 is 0 Å². The van der Waals surface area contributed by atoms with Crippen LogP contribution in [0.25, 0.3) is 6.08 Å². The third-order valence-corrected chi connectivity index (χ3v) is 1.68. The largest absolute Gasteiger partial charge is 0.387 e. The second-order valence-corrected chi connectivity index (χ2v) is 3.10. The Hall–Kier alpha value is -1.57. The van der Waals surface area contributed by atoms with Crippen LogP contribution < -0.4 is 5.73 Å². The third kappa shape index (κ3) is 3.56. The zero-order valence-corrected chi connectivity index (χ0v) is 7.75. The monoisotopic (exact) mass is 174 g/mol. The average molecular weight is 174 g/mol. The Labute approximate surface area is 78.6 Å². The van der Waals surface area contributed by atoms with Gasteiger partial charge in [-0.2, -0.15) is 0 Å². The summed E-state index contributed by atoms with van der Waals surface area (Å²) in [6.07, 6.45) is 2.59. The van der Waals surface area contributed by atoms with E-state index in [9.17, 15) is 0 Å². The van der Waals surface area contributed by atoms with Gasteiger partial charge < -0.3 is 5.73 Å². The summed E-state index contributed by atoms with van der Waals surface area (Å²) in [5.41, 5.74) is 7.55. The Balaban J connectivity index is 2.71. The maximum Gasteiger partial charge on any atom is 0.0946 e. The molecule has 0 aliphatic rings. The van der Waals surface area contributed by atoms with E-state index in [0.717, 1.165) is 11.1 Å². The summed E-state index contributed by atoms with van der Waals surface area (Å²) < 4.78 is 0. The van der Waals surface area contributed by atoms with Crippen molar-refractivity contribution in [1.82, 2.24) is 0 Å². The fraction of sp³-hybridized carbons (Fsp3) is 0.182. The van der Waals surface area contributed by atoms with Crippen LogP contribution in [0, 0.1) is 5.41 Å². The number of nitrogens with two attached hydrogens (primary N) is 1. The van der Waals surface area contributed by atoms with Gasteiger partial charge in [-0.05, 0) is 12.5 Å². The number of amidine groups is 1. The molecule has 3 N–H and O–H groups in total. The first-order chi connectivity index (χ1) is 6.18. The normalized spacial score (nSPS) is 11.3. The van der Waals surface area contributed by atoms with E-state index in [1.165, 1.54) is 0 Å².